The number of nitro benzene ring substituents is 1. The number of benzene rings is 3. The van der Waals surface area contributed by atoms with E-state index in [0.29, 0.717) is 29.3 Å². The van der Waals surface area contributed by atoms with Gasteiger partial charge in [-0.25, -0.2) is 18.1 Å². The number of aromatic nitrogens is 2. The molecule has 1 aliphatic heterocycles. The fourth-order valence-corrected chi connectivity index (χ4v) is 11.6. The maximum atomic E-state index is 14.0. The van der Waals surface area contributed by atoms with Crippen molar-refractivity contribution in [3.05, 3.63) is 117 Å². The zero-order valence-electron chi connectivity index (χ0n) is 36.7. The molecule has 342 valence electrons. The van der Waals surface area contributed by atoms with E-state index in [4.69, 9.17) is 21.1 Å². The van der Waals surface area contributed by atoms with Crippen LogP contribution in [0.5, 0.6) is 11.5 Å². The Balaban J connectivity index is 0.919. The number of nitro groups is 1. The monoisotopic (exact) mass is 921 g/mol. The molecule has 9 rings (SSSR count). The zero-order valence-corrected chi connectivity index (χ0v) is 38.3. The number of anilines is 2. The van der Waals surface area contributed by atoms with Gasteiger partial charge in [-0.05, 0) is 129 Å². The van der Waals surface area contributed by atoms with Crippen LogP contribution in [0.15, 0.2) is 95.7 Å². The maximum Gasteiger partial charge on any atom is 0.293 e. The Bertz CT molecular complexity index is 2680. The molecule has 3 aliphatic carbocycles. The number of halogens is 1. The van der Waals surface area contributed by atoms with Gasteiger partial charge < -0.3 is 24.7 Å². The first kappa shape index (κ1) is 44.7. The summed E-state index contributed by atoms with van der Waals surface area (Å²) in [5.74, 6) is -0.138. The molecule has 1 spiro atoms. The van der Waals surface area contributed by atoms with E-state index in [0.717, 1.165) is 93.4 Å². The highest BCUT2D eigenvalue weighted by molar-refractivity contribution is 7.90. The summed E-state index contributed by atoms with van der Waals surface area (Å²) in [5, 5.41) is 16.9. The summed E-state index contributed by atoms with van der Waals surface area (Å²) in [5.41, 5.74) is 5.96. The Morgan fingerprint density at radius 2 is 1.74 bits per heavy atom. The lowest BCUT2D eigenvalue weighted by Crippen LogP contribution is -2.47. The van der Waals surface area contributed by atoms with Crippen molar-refractivity contribution >= 4 is 61.2 Å². The van der Waals surface area contributed by atoms with Gasteiger partial charge in [-0.1, -0.05) is 42.1 Å². The van der Waals surface area contributed by atoms with Gasteiger partial charge in [-0.3, -0.25) is 19.8 Å². The van der Waals surface area contributed by atoms with Crippen LogP contribution in [0.3, 0.4) is 0 Å². The molecule has 3 N–H and O–H groups in total. The maximum absolute atomic E-state index is 14.0. The molecule has 0 bridgehead atoms. The van der Waals surface area contributed by atoms with Gasteiger partial charge in [0.05, 0.1) is 27.7 Å². The summed E-state index contributed by atoms with van der Waals surface area (Å²) < 4.78 is 41.5. The van der Waals surface area contributed by atoms with E-state index >= 15 is 0 Å². The molecule has 1 saturated heterocycles. The first-order valence-electron chi connectivity index (χ1n) is 22.8. The van der Waals surface area contributed by atoms with E-state index in [1.54, 1.807) is 43.1 Å². The number of nitrogens with one attached hydrogen (secondary N) is 3. The summed E-state index contributed by atoms with van der Waals surface area (Å²) in [6.45, 7) is 4.58. The normalized spacial score (nSPS) is 20.3. The van der Waals surface area contributed by atoms with Crippen LogP contribution in [0.4, 0.5) is 17.1 Å². The van der Waals surface area contributed by atoms with Crippen molar-refractivity contribution in [1.82, 2.24) is 19.6 Å². The van der Waals surface area contributed by atoms with E-state index in [-0.39, 0.29) is 23.1 Å². The highest BCUT2D eigenvalue weighted by atomic mass is 35.5. The van der Waals surface area contributed by atoms with Gasteiger partial charge in [0.1, 0.15) is 22.8 Å². The number of carbonyl (C=O) groups excluding carboxylic acids is 1. The van der Waals surface area contributed by atoms with Crippen LogP contribution in [0.1, 0.15) is 86.6 Å². The second kappa shape index (κ2) is 19.2. The predicted molar refractivity (Wildman–Crippen MR) is 253 cm³/mol. The van der Waals surface area contributed by atoms with E-state index in [9.17, 15) is 23.3 Å². The Kier molecular flexibility index (Phi) is 13.2. The minimum Gasteiger partial charge on any atom is -0.455 e. The summed E-state index contributed by atoms with van der Waals surface area (Å²) in [6, 6.07) is 20.7. The van der Waals surface area contributed by atoms with Crippen LogP contribution < -0.4 is 19.7 Å². The van der Waals surface area contributed by atoms with Crippen LogP contribution in [-0.2, 0) is 14.8 Å². The molecular weight excluding hydrogens is 866 g/mol. The van der Waals surface area contributed by atoms with Crippen molar-refractivity contribution < 1.29 is 27.6 Å². The number of piperazine rings is 1. The van der Waals surface area contributed by atoms with Crippen molar-refractivity contribution in [3.8, 4) is 11.5 Å². The number of carbonyl (C=O) groups is 1. The van der Waals surface area contributed by atoms with Crippen molar-refractivity contribution in [2.45, 2.75) is 81.6 Å². The van der Waals surface area contributed by atoms with Crippen molar-refractivity contribution in [1.29, 1.82) is 0 Å². The molecule has 2 saturated carbocycles. The predicted octanol–water partition coefficient (Wildman–Crippen LogP) is 9.97. The molecule has 0 atom stereocenters. The molecule has 3 fully saturated rings. The van der Waals surface area contributed by atoms with E-state index < -0.39 is 31.4 Å². The average Bonchev–Trinajstić information content (AvgIpc) is 3.98. The molecule has 1 amide bonds. The third kappa shape index (κ3) is 10.2. The molecule has 16 heteroatoms. The molecule has 14 nitrogen and oxygen atoms in total. The molecule has 4 aliphatic rings. The number of hydrogen-bond acceptors (Lipinski definition) is 11. The van der Waals surface area contributed by atoms with Gasteiger partial charge >= 0.3 is 0 Å². The van der Waals surface area contributed by atoms with Crippen LogP contribution in [0.25, 0.3) is 16.6 Å². The lowest BCUT2D eigenvalue weighted by molar-refractivity contribution is -0.384. The molecular formula is C49H56ClN7O7S. The van der Waals surface area contributed by atoms with Crippen LogP contribution >= 0.6 is 11.6 Å². The highest BCUT2D eigenvalue weighted by Gasteiger charge is 2.39. The van der Waals surface area contributed by atoms with E-state index in [1.807, 2.05) is 18.2 Å². The van der Waals surface area contributed by atoms with Crippen LogP contribution in [0.2, 0.25) is 5.02 Å². The number of amides is 1. The Morgan fingerprint density at radius 1 is 0.969 bits per heavy atom. The number of fused-ring (bicyclic) bond motifs is 1. The number of sulfonamides is 1. The fourth-order valence-electron chi connectivity index (χ4n) is 10.5. The Morgan fingerprint density at radius 3 is 2.48 bits per heavy atom. The number of methoxy groups -OCH3 is 1. The minimum atomic E-state index is -4.56. The lowest BCUT2D eigenvalue weighted by Gasteiger charge is -2.41. The lowest BCUT2D eigenvalue weighted by atomic mass is 9.69. The number of hydrogen-bond donors (Lipinski definition) is 3. The number of H-pyrrole nitrogens is 1. The summed E-state index contributed by atoms with van der Waals surface area (Å²) >= 11 is 6.29. The van der Waals surface area contributed by atoms with Crippen molar-refractivity contribution in [2.75, 3.05) is 56.6 Å². The van der Waals surface area contributed by atoms with Crippen molar-refractivity contribution in [2.24, 2.45) is 11.3 Å². The number of rotatable bonds is 14. The molecule has 0 radical (unpaired) electrons. The smallest absolute Gasteiger partial charge is 0.293 e. The Labute approximate surface area is 384 Å². The minimum absolute atomic E-state index is 0.0269. The highest BCUT2D eigenvalue weighted by Crippen LogP contribution is 2.52. The van der Waals surface area contributed by atoms with Gasteiger partial charge in [-0.15, -0.1) is 0 Å². The number of pyridine rings is 1. The number of allylic oxidation sites excluding steroid dienone is 1. The first-order valence-corrected chi connectivity index (χ1v) is 24.6. The molecule has 0 unspecified atom stereocenters. The fraction of sp³-hybridized carbons (Fsp3) is 0.429. The quantitative estimate of drug-likeness (QED) is 0.0715. The molecule has 5 aromatic rings. The van der Waals surface area contributed by atoms with Gasteiger partial charge in [-0.2, -0.15) is 0 Å². The number of nitrogens with zero attached hydrogens (tertiary/aromatic N) is 4. The molecule has 65 heavy (non-hydrogen) atoms. The van der Waals surface area contributed by atoms with Gasteiger partial charge in [0.2, 0.25) is 0 Å². The topological polar surface area (TPSA) is 172 Å². The van der Waals surface area contributed by atoms with E-state index in [1.165, 1.54) is 61.6 Å². The largest absolute Gasteiger partial charge is 0.455 e. The average molecular weight is 923 g/mol. The standard InChI is InChI=1S/C49H56ClN7O7S/c1-63-39-11-4-33(5-12-39)30-52-44-15-13-41(28-45(44)57(59)60)65(61,62)54-48(58)43-14-10-38(27-46(43)64-40-26-35-17-21-51-47(35)53-31-40)56-24-22-55(23-25-56)32-36-29-49(18-2-3-19-49)20-16-42(36)34-6-8-37(50)9-7-34/h6-10,13-15,17,21,26-28,31,33,39,52H,2-5,11-12,16,18-20,22-25,29-30,32H2,1H3,(H,51,53)(H,54,58). The summed E-state index contributed by atoms with van der Waals surface area (Å²) in [6.07, 6.45) is 15.9. The molecule has 3 heterocycles. The third-order valence-electron chi connectivity index (χ3n) is 14.2. The Hall–Kier alpha value is -5.48. The van der Waals surface area contributed by atoms with Crippen molar-refractivity contribution in [3.63, 3.8) is 0 Å². The number of ether oxygens (including phenoxy) is 2. The van der Waals surface area contributed by atoms with Crippen LogP contribution in [-0.4, -0.2) is 86.6 Å². The second-order valence-electron chi connectivity index (χ2n) is 18.2. The zero-order chi connectivity index (χ0) is 45.1. The summed E-state index contributed by atoms with van der Waals surface area (Å²) in [4.78, 5) is 37.4. The van der Waals surface area contributed by atoms with Gasteiger partial charge in [0.25, 0.3) is 21.6 Å². The second-order valence-corrected chi connectivity index (χ2v) is 20.4. The van der Waals surface area contributed by atoms with E-state index in [2.05, 4.69) is 41.9 Å². The molecule has 3 aromatic carbocycles. The summed E-state index contributed by atoms with van der Waals surface area (Å²) in [7, 11) is -2.85. The first-order chi connectivity index (χ1) is 31.4. The third-order valence-corrected chi connectivity index (χ3v) is 15.7. The molecule has 2 aromatic heterocycles. The van der Waals surface area contributed by atoms with Gasteiger partial charge in [0.15, 0.2) is 0 Å². The van der Waals surface area contributed by atoms with Crippen LogP contribution in [0, 0.1) is 21.4 Å². The van der Waals surface area contributed by atoms with Gasteiger partial charge in [0, 0.05) is 80.8 Å². The number of aromatic amines is 1. The SMILES string of the molecule is COC1CCC(CNc2ccc(S(=O)(=O)NC(=O)c3ccc(N4CCN(CC5=C(c6ccc(Cl)cc6)CCC6(CCCC6)C5)CC4)cc3Oc3cnc4[nH]ccc4c3)cc2[N+](=O)[O-])CC1.